The van der Waals surface area contributed by atoms with Crippen LogP contribution in [0, 0.1) is 0 Å². The van der Waals surface area contributed by atoms with Crippen LogP contribution in [0.5, 0.6) is 11.5 Å². The van der Waals surface area contributed by atoms with Gasteiger partial charge in [-0.3, -0.25) is 4.79 Å². The van der Waals surface area contributed by atoms with E-state index in [0.717, 1.165) is 5.39 Å². The molecule has 0 radical (unpaired) electrons. The number of carbonyl (C=O) groups is 1. The van der Waals surface area contributed by atoms with E-state index in [1.165, 1.54) is 6.07 Å². The number of phenols is 2. The fourth-order valence-electron chi connectivity index (χ4n) is 1.53. The Morgan fingerprint density at radius 2 is 1.93 bits per heavy atom. The second kappa shape index (κ2) is 3.49. The number of anilines is 1. The van der Waals surface area contributed by atoms with Gasteiger partial charge in [0, 0.05) is 5.39 Å². The van der Waals surface area contributed by atoms with Crippen molar-refractivity contribution < 1.29 is 15.0 Å². The summed E-state index contributed by atoms with van der Waals surface area (Å²) in [7, 11) is 0. The van der Waals surface area contributed by atoms with Crippen LogP contribution in [0.2, 0.25) is 0 Å². The molecule has 0 aliphatic carbocycles. The number of aromatic hydroxyl groups is 2. The van der Waals surface area contributed by atoms with Gasteiger partial charge in [0.05, 0.1) is 5.69 Å². The van der Waals surface area contributed by atoms with E-state index in [2.05, 4.69) is 5.32 Å². The van der Waals surface area contributed by atoms with Crippen LogP contribution in [0.1, 0.15) is 0 Å². The molecule has 15 heavy (non-hydrogen) atoms. The zero-order chi connectivity index (χ0) is 10.8. The number of amides is 1. The van der Waals surface area contributed by atoms with Gasteiger partial charge in [0.25, 0.3) is 0 Å². The van der Waals surface area contributed by atoms with Crippen molar-refractivity contribution >= 4 is 22.9 Å². The van der Waals surface area contributed by atoms with E-state index in [4.69, 9.17) is 0 Å². The van der Waals surface area contributed by atoms with Crippen LogP contribution in [-0.4, -0.2) is 16.6 Å². The van der Waals surface area contributed by atoms with Gasteiger partial charge in [-0.15, -0.1) is 0 Å². The molecule has 4 heteroatoms. The zero-order valence-electron chi connectivity index (χ0n) is 7.77. The minimum absolute atomic E-state index is 0.223. The second-order valence-corrected chi connectivity index (χ2v) is 3.10. The van der Waals surface area contributed by atoms with Crippen LogP contribution >= 0.6 is 0 Å². The summed E-state index contributed by atoms with van der Waals surface area (Å²) in [6.45, 7) is 0. The highest BCUT2D eigenvalue weighted by molar-refractivity contribution is 6.01. The maximum absolute atomic E-state index is 10.4. The van der Waals surface area contributed by atoms with Gasteiger partial charge in [0.15, 0.2) is 11.5 Å². The van der Waals surface area contributed by atoms with E-state index in [0.29, 0.717) is 11.8 Å². The molecule has 76 valence electrons. The normalized spacial score (nSPS) is 10.1. The third-order valence-corrected chi connectivity index (χ3v) is 2.21. The molecule has 2 aromatic rings. The Balaban J connectivity index is 2.82. The number of rotatable bonds is 2. The predicted molar refractivity (Wildman–Crippen MR) is 57.0 cm³/mol. The maximum Gasteiger partial charge on any atom is 0.211 e. The summed E-state index contributed by atoms with van der Waals surface area (Å²) >= 11 is 0. The third kappa shape index (κ3) is 1.46. The summed E-state index contributed by atoms with van der Waals surface area (Å²) in [5.41, 5.74) is 0.223. The number of nitrogens with one attached hydrogen (secondary N) is 1. The van der Waals surface area contributed by atoms with Gasteiger partial charge in [0.1, 0.15) is 0 Å². The maximum atomic E-state index is 10.4. The van der Waals surface area contributed by atoms with Crippen LogP contribution in [-0.2, 0) is 4.79 Å². The first-order valence-corrected chi connectivity index (χ1v) is 4.38. The van der Waals surface area contributed by atoms with Gasteiger partial charge < -0.3 is 15.5 Å². The summed E-state index contributed by atoms with van der Waals surface area (Å²) < 4.78 is 0. The molecule has 0 saturated heterocycles. The molecular formula is C11H9NO3. The van der Waals surface area contributed by atoms with Crippen LogP contribution in [0.15, 0.2) is 30.3 Å². The van der Waals surface area contributed by atoms with Crippen molar-refractivity contribution in [2.75, 3.05) is 5.32 Å². The SMILES string of the molecule is O=CNc1c(O)c(O)cc2ccccc12. The average molecular weight is 203 g/mol. The van der Waals surface area contributed by atoms with Crippen molar-refractivity contribution in [3.63, 3.8) is 0 Å². The quantitative estimate of drug-likeness (QED) is 0.515. The topological polar surface area (TPSA) is 69.6 Å². The molecule has 2 aromatic carbocycles. The van der Waals surface area contributed by atoms with Crippen LogP contribution in [0.3, 0.4) is 0 Å². The summed E-state index contributed by atoms with van der Waals surface area (Å²) in [5, 5.41) is 22.8. The first kappa shape index (κ1) is 9.33. The van der Waals surface area contributed by atoms with Crippen molar-refractivity contribution in [1.82, 2.24) is 0 Å². The molecule has 4 nitrogen and oxygen atoms in total. The van der Waals surface area contributed by atoms with Crippen molar-refractivity contribution in [3.8, 4) is 11.5 Å². The lowest BCUT2D eigenvalue weighted by molar-refractivity contribution is -0.105. The van der Waals surface area contributed by atoms with Crippen molar-refractivity contribution in [1.29, 1.82) is 0 Å². The number of carbonyl (C=O) groups excluding carboxylic acids is 1. The minimum atomic E-state index is -0.319. The smallest absolute Gasteiger partial charge is 0.211 e. The molecule has 1 amide bonds. The second-order valence-electron chi connectivity index (χ2n) is 3.10. The zero-order valence-corrected chi connectivity index (χ0v) is 7.77. The Kier molecular flexibility index (Phi) is 2.17. The molecule has 0 atom stereocenters. The highest BCUT2D eigenvalue weighted by Gasteiger charge is 2.10. The lowest BCUT2D eigenvalue weighted by Crippen LogP contribution is -1.95. The van der Waals surface area contributed by atoms with Gasteiger partial charge in [-0.25, -0.2) is 0 Å². The molecule has 0 bridgehead atoms. The van der Waals surface area contributed by atoms with E-state index in [1.807, 2.05) is 6.07 Å². The first-order valence-electron chi connectivity index (χ1n) is 4.38. The van der Waals surface area contributed by atoms with Crippen molar-refractivity contribution in [2.45, 2.75) is 0 Å². The molecule has 0 aromatic heterocycles. The van der Waals surface area contributed by atoms with Crippen molar-refractivity contribution in [2.24, 2.45) is 0 Å². The Morgan fingerprint density at radius 3 is 2.67 bits per heavy atom. The van der Waals surface area contributed by atoms with E-state index in [9.17, 15) is 15.0 Å². The van der Waals surface area contributed by atoms with Gasteiger partial charge in [-0.1, -0.05) is 24.3 Å². The van der Waals surface area contributed by atoms with Gasteiger partial charge in [-0.05, 0) is 11.5 Å². The lowest BCUT2D eigenvalue weighted by atomic mass is 10.1. The number of fused-ring (bicyclic) bond motifs is 1. The number of hydrogen-bond acceptors (Lipinski definition) is 3. The Morgan fingerprint density at radius 1 is 1.20 bits per heavy atom. The molecule has 0 saturated carbocycles. The number of phenolic OH excluding ortho intramolecular Hbond substituents is 2. The van der Waals surface area contributed by atoms with Gasteiger partial charge in [-0.2, -0.15) is 0 Å². The Bertz CT molecular complexity index is 522. The molecule has 0 aliphatic heterocycles. The largest absolute Gasteiger partial charge is 0.504 e. The molecular weight excluding hydrogens is 194 g/mol. The van der Waals surface area contributed by atoms with E-state index >= 15 is 0 Å². The highest BCUT2D eigenvalue weighted by Crippen LogP contribution is 2.39. The first-order chi connectivity index (χ1) is 7.24. The average Bonchev–Trinajstić information content (AvgIpc) is 2.25. The highest BCUT2D eigenvalue weighted by atomic mass is 16.3. The van der Waals surface area contributed by atoms with Crippen LogP contribution in [0.4, 0.5) is 5.69 Å². The summed E-state index contributed by atoms with van der Waals surface area (Å²) in [6, 6.07) is 8.57. The number of benzene rings is 2. The van der Waals surface area contributed by atoms with Crippen LogP contribution in [0.25, 0.3) is 10.8 Å². The van der Waals surface area contributed by atoms with E-state index in [1.54, 1.807) is 18.2 Å². The third-order valence-electron chi connectivity index (χ3n) is 2.21. The van der Waals surface area contributed by atoms with Crippen molar-refractivity contribution in [3.05, 3.63) is 30.3 Å². The standard InChI is InChI=1S/C11H9NO3/c13-6-12-10-8-4-2-1-3-7(8)5-9(14)11(10)15/h1-6,14-15H,(H,12,13). The summed E-state index contributed by atoms with van der Waals surface area (Å²) in [4.78, 5) is 10.4. The summed E-state index contributed by atoms with van der Waals surface area (Å²) in [5.74, 6) is -0.571. The molecule has 2 rings (SSSR count). The lowest BCUT2D eigenvalue weighted by Gasteiger charge is -2.08. The fraction of sp³-hybridized carbons (Fsp3) is 0. The van der Waals surface area contributed by atoms with E-state index in [-0.39, 0.29) is 17.2 Å². The molecule has 0 heterocycles. The molecule has 0 spiro atoms. The Hall–Kier alpha value is -2.23. The number of hydrogen-bond donors (Lipinski definition) is 3. The van der Waals surface area contributed by atoms with E-state index < -0.39 is 0 Å². The minimum Gasteiger partial charge on any atom is -0.504 e. The molecule has 0 unspecified atom stereocenters. The predicted octanol–water partition coefficient (Wildman–Crippen LogP) is 1.82. The van der Waals surface area contributed by atoms with Gasteiger partial charge in [0.2, 0.25) is 6.41 Å². The molecule has 0 fully saturated rings. The summed E-state index contributed by atoms with van der Waals surface area (Å²) in [6.07, 6.45) is 0.459. The fourth-order valence-corrected chi connectivity index (χ4v) is 1.53. The van der Waals surface area contributed by atoms with Gasteiger partial charge >= 0.3 is 0 Å². The Labute approximate surface area is 85.8 Å². The molecule has 3 N–H and O–H groups in total. The monoisotopic (exact) mass is 203 g/mol. The van der Waals surface area contributed by atoms with Crippen LogP contribution < -0.4 is 5.32 Å². The molecule has 0 aliphatic rings.